The van der Waals surface area contributed by atoms with Crippen molar-refractivity contribution >= 4 is 17.1 Å². The van der Waals surface area contributed by atoms with Gasteiger partial charge in [0.25, 0.3) is 0 Å². The first kappa shape index (κ1) is 18.8. The number of hydrogen-bond acceptors (Lipinski definition) is 5. The summed E-state index contributed by atoms with van der Waals surface area (Å²) in [5.41, 5.74) is -0.486. The van der Waals surface area contributed by atoms with Crippen molar-refractivity contribution in [3.8, 4) is 11.5 Å². The number of amides is 1. The number of carbonyl (C=O) groups is 1. The molecule has 0 aliphatic heterocycles. The Balaban J connectivity index is 2.06. The van der Waals surface area contributed by atoms with Crippen molar-refractivity contribution < 1.29 is 19.1 Å². The van der Waals surface area contributed by atoms with Gasteiger partial charge in [0.05, 0.1) is 11.5 Å². The van der Waals surface area contributed by atoms with E-state index in [9.17, 15) is 14.7 Å². The zero-order chi connectivity index (χ0) is 18.4. The van der Waals surface area contributed by atoms with E-state index < -0.39 is 11.7 Å². The lowest BCUT2D eigenvalue weighted by atomic mass is 9.99. The second-order valence-electron chi connectivity index (χ2n) is 6.27. The molecule has 0 radical (unpaired) electrons. The van der Waals surface area contributed by atoms with Gasteiger partial charge in [-0.1, -0.05) is 33.1 Å². The van der Waals surface area contributed by atoms with Gasteiger partial charge in [-0.15, -0.1) is 0 Å². The SMILES string of the molecule is CCCCC(CC)CN(C)C(=O)Oc1ccc2c(O)cc(=O)oc2c1. The van der Waals surface area contributed by atoms with E-state index in [2.05, 4.69) is 13.8 Å². The number of rotatable bonds is 7. The van der Waals surface area contributed by atoms with Crippen LogP contribution in [0.2, 0.25) is 0 Å². The minimum Gasteiger partial charge on any atom is -0.507 e. The van der Waals surface area contributed by atoms with Crippen molar-refractivity contribution in [3.05, 3.63) is 34.7 Å². The van der Waals surface area contributed by atoms with Gasteiger partial charge in [0, 0.05) is 19.7 Å². The lowest BCUT2D eigenvalue weighted by Gasteiger charge is -2.22. The van der Waals surface area contributed by atoms with Crippen LogP contribution in [0.1, 0.15) is 39.5 Å². The molecule has 0 bridgehead atoms. The third-order valence-electron chi connectivity index (χ3n) is 4.29. The Kier molecular flexibility index (Phi) is 6.44. The third-order valence-corrected chi connectivity index (χ3v) is 4.29. The lowest BCUT2D eigenvalue weighted by molar-refractivity contribution is 0.153. The molecular weight excluding hydrogens is 322 g/mol. The van der Waals surface area contributed by atoms with E-state index in [0.717, 1.165) is 31.7 Å². The normalized spacial score (nSPS) is 12.1. The number of fused-ring (bicyclic) bond motifs is 1. The first-order valence-corrected chi connectivity index (χ1v) is 8.64. The summed E-state index contributed by atoms with van der Waals surface area (Å²) in [6.07, 6.45) is 3.93. The topological polar surface area (TPSA) is 80.0 Å². The maximum absolute atomic E-state index is 12.3. The van der Waals surface area contributed by atoms with Crippen LogP contribution in [0.5, 0.6) is 11.5 Å². The van der Waals surface area contributed by atoms with E-state index >= 15 is 0 Å². The average Bonchev–Trinajstić information content (AvgIpc) is 2.57. The van der Waals surface area contributed by atoms with Crippen LogP contribution in [0.15, 0.2) is 33.5 Å². The lowest BCUT2D eigenvalue weighted by Crippen LogP contribution is -2.34. The van der Waals surface area contributed by atoms with E-state index in [-0.39, 0.29) is 17.1 Å². The van der Waals surface area contributed by atoms with Crippen molar-refractivity contribution in [3.63, 3.8) is 0 Å². The van der Waals surface area contributed by atoms with Crippen molar-refractivity contribution in [1.29, 1.82) is 0 Å². The fourth-order valence-electron chi connectivity index (χ4n) is 2.75. The molecule has 25 heavy (non-hydrogen) atoms. The minimum atomic E-state index is -0.660. The van der Waals surface area contributed by atoms with E-state index in [0.29, 0.717) is 17.8 Å². The van der Waals surface area contributed by atoms with Gasteiger partial charge >= 0.3 is 11.7 Å². The van der Waals surface area contributed by atoms with Gasteiger partial charge in [0.1, 0.15) is 17.1 Å². The maximum Gasteiger partial charge on any atom is 0.414 e. The zero-order valence-electron chi connectivity index (χ0n) is 14.9. The Hall–Kier alpha value is -2.50. The maximum atomic E-state index is 12.3. The predicted molar refractivity (Wildman–Crippen MR) is 96.1 cm³/mol. The Morgan fingerprint density at radius 3 is 2.76 bits per heavy atom. The molecule has 0 saturated carbocycles. The summed E-state index contributed by atoms with van der Waals surface area (Å²) >= 11 is 0. The molecule has 0 aliphatic rings. The van der Waals surface area contributed by atoms with Crippen LogP contribution in [0.4, 0.5) is 4.79 Å². The van der Waals surface area contributed by atoms with Crippen LogP contribution in [0.3, 0.4) is 0 Å². The molecule has 1 unspecified atom stereocenters. The molecular formula is C19H25NO5. The van der Waals surface area contributed by atoms with E-state index in [1.165, 1.54) is 6.07 Å². The number of ether oxygens (including phenoxy) is 1. The minimum absolute atomic E-state index is 0.164. The highest BCUT2D eigenvalue weighted by molar-refractivity contribution is 5.84. The predicted octanol–water partition coefficient (Wildman–Crippen LogP) is 4.15. The molecule has 0 spiro atoms. The molecule has 0 fully saturated rings. The van der Waals surface area contributed by atoms with Gasteiger partial charge in [0.2, 0.25) is 0 Å². The summed E-state index contributed by atoms with van der Waals surface area (Å²) in [4.78, 5) is 25.2. The molecule has 1 aromatic heterocycles. The Bertz CT molecular complexity index is 783. The number of unbranched alkanes of at least 4 members (excludes halogenated alkanes) is 1. The highest BCUT2D eigenvalue weighted by Crippen LogP contribution is 2.26. The molecule has 1 aromatic carbocycles. The van der Waals surface area contributed by atoms with Crippen LogP contribution < -0.4 is 10.4 Å². The fourth-order valence-corrected chi connectivity index (χ4v) is 2.75. The van der Waals surface area contributed by atoms with Gasteiger partial charge in [-0.2, -0.15) is 0 Å². The molecule has 0 saturated heterocycles. The fraction of sp³-hybridized carbons (Fsp3) is 0.474. The van der Waals surface area contributed by atoms with Crippen LogP contribution in [0.25, 0.3) is 11.0 Å². The molecule has 2 aromatic rings. The number of aromatic hydroxyl groups is 1. The summed E-state index contributed by atoms with van der Waals surface area (Å²) < 4.78 is 10.4. The zero-order valence-corrected chi connectivity index (χ0v) is 14.9. The molecule has 6 nitrogen and oxygen atoms in total. The van der Waals surface area contributed by atoms with Gasteiger partial charge in [-0.3, -0.25) is 0 Å². The summed E-state index contributed by atoms with van der Waals surface area (Å²) in [5.74, 6) is 0.548. The smallest absolute Gasteiger partial charge is 0.414 e. The first-order valence-electron chi connectivity index (χ1n) is 8.64. The molecule has 136 valence electrons. The molecule has 1 heterocycles. The molecule has 2 rings (SSSR count). The van der Waals surface area contributed by atoms with E-state index in [1.807, 2.05) is 0 Å². The third kappa shape index (κ3) is 4.98. The number of benzene rings is 1. The second-order valence-corrected chi connectivity index (χ2v) is 6.27. The van der Waals surface area contributed by atoms with Crippen LogP contribution in [-0.2, 0) is 0 Å². The quantitative estimate of drug-likeness (QED) is 0.761. The summed E-state index contributed by atoms with van der Waals surface area (Å²) in [6, 6.07) is 5.54. The number of carbonyl (C=O) groups excluding carboxylic acids is 1. The van der Waals surface area contributed by atoms with Crippen molar-refractivity contribution in [1.82, 2.24) is 4.90 Å². The number of nitrogens with zero attached hydrogens (tertiary/aromatic N) is 1. The van der Waals surface area contributed by atoms with E-state index in [1.54, 1.807) is 24.1 Å². The van der Waals surface area contributed by atoms with Gasteiger partial charge in [-0.25, -0.2) is 9.59 Å². The van der Waals surface area contributed by atoms with Gasteiger partial charge in [0.15, 0.2) is 0 Å². The molecule has 1 amide bonds. The summed E-state index contributed by atoms with van der Waals surface area (Å²) in [6.45, 7) is 4.91. The van der Waals surface area contributed by atoms with Crippen molar-refractivity contribution in [2.24, 2.45) is 5.92 Å². The van der Waals surface area contributed by atoms with Crippen LogP contribution >= 0.6 is 0 Å². The van der Waals surface area contributed by atoms with Gasteiger partial charge in [-0.05, 0) is 24.5 Å². The van der Waals surface area contributed by atoms with Crippen molar-refractivity contribution in [2.45, 2.75) is 39.5 Å². The van der Waals surface area contributed by atoms with E-state index in [4.69, 9.17) is 9.15 Å². The standard InChI is InChI=1S/C19H25NO5/c1-4-6-7-13(5-2)12-20(3)19(23)24-14-8-9-15-16(21)11-18(22)25-17(15)10-14/h8-11,13,21H,4-7,12H2,1-3H3. The molecule has 1 atom stereocenters. The molecule has 1 N–H and O–H groups in total. The molecule has 0 aliphatic carbocycles. The average molecular weight is 347 g/mol. The Morgan fingerprint density at radius 2 is 2.08 bits per heavy atom. The monoisotopic (exact) mass is 347 g/mol. The summed E-state index contributed by atoms with van der Waals surface area (Å²) in [7, 11) is 1.71. The van der Waals surface area contributed by atoms with Crippen LogP contribution in [-0.4, -0.2) is 29.7 Å². The Labute approximate surface area is 147 Å². The summed E-state index contributed by atoms with van der Waals surface area (Å²) in [5, 5.41) is 10.1. The largest absolute Gasteiger partial charge is 0.507 e. The Morgan fingerprint density at radius 1 is 1.32 bits per heavy atom. The second kappa shape index (κ2) is 8.55. The highest BCUT2D eigenvalue weighted by atomic mass is 16.6. The van der Waals surface area contributed by atoms with Crippen LogP contribution in [0, 0.1) is 5.92 Å². The first-order chi connectivity index (χ1) is 11.9. The highest BCUT2D eigenvalue weighted by Gasteiger charge is 2.17. The van der Waals surface area contributed by atoms with Crippen molar-refractivity contribution in [2.75, 3.05) is 13.6 Å². The number of hydrogen-bond donors (Lipinski definition) is 1. The molecule has 6 heteroatoms. The van der Waals surface area contributed by atoms with Gasteiger partial charge < -0.3 is 19.2 Å².